The predicted octanol–water partition coefficient (Wildman–Crippen LogP) is 1.36. The van der Waals surface area contributed by atoms with Crippen LogP contribution in [0.1, 0.15) is 33.3 Å². The van der Waals surface area contributed by atoms with E-state index in [1.54, 1.807) is 27.7 Å². The number of halogens is 1. The molecule has 3 aliphatic rings. The van der Waals surface area contributed by atoms with Crippen molar-refractivity contribution in [1.29, 1.82) is 0 Å². The Morgan fingerprint density at radius 3 is 2.48 bits per heavy atom. The standard InChI is InChI=1S/C18H20FN3O3/c1-8-12-13(15(24)22(14(12)23)17(2,3)4)18(21-8)10-7-9(19)5-6-11(10)20-16(18)25/h5-8,12-13,21H,1-4H3,(H,20,25)/t8-,12-,13+,18+/m1/s1. The Morgan fingerprint density at radius 2 is 1.84 bits per heavy atom. The predicted molar refractivity (Wildman–Crippen MR) is 87.9 cm³/mol. The lowest BCUT2D eigenvalue weighted by Gasteiger charge is -2.34. The summed E-state index contributed by atoms with van der Waals surface area (Å²) in [4.78, 5) is 40.3. The van der Waals surface area contributed by atoms with E-state index in [-0.39, 0.29) is 17.9 Å². The maximum atomic E-state index is 13.9. The van der Waals surface area contributed by atoms with Gasteiger partial charge in [0.1, 0.15) is 11.4 Å². The van der Waals surface area contributed by atoms with Crippen molar-refractivity contribution < 1.29 is 18.8 Å². The number of nitrogens with one attached hydrogen (secondary N) is 2. The van der Waals surface area contributed by atoms with Crippen molar-refractivity contribution in [3.8, 4) is 0 Å². The van der Waals surface area contributed by atoms with Crippen molar-refractivity contribution in [2.24, 2.45) is 11.8 Å². The third-order valence-corrected chi connectivity index (χ3v) is 5.50. The number of anilines is 1. The normalized spacial score (nSPS) is 33.9. The van der Waals surface area contributed by atoms with Gasteiger partial charge in [0.2, 0.25) is 17.7 Å². The third kappa shape index (κ3) is 1.84. The van der Waals surface area contributed by atoms with Gasteiger partial charge >= 0.3 is 0 Å². The van der Waals surface area contributed by atoms with Gasteiger partial charge in [0.05, 0.1) is 11.8 Å². The molecule has 2 N–H and O–H groups in total. The van der Waals surface area contributed by atoms with Gasteiger partial charge < -0.3 is 5.32 Å². The molecular formula is C18H20FN3O3. The SMILES string of the molecule is C[C@H]1N[C@]2(C(=O)Nc3ccc(F)cc32)[C@@H]2C(=O)N(C(C)(C)C)C(=O)[C@@H]21. The maximum Gasteiger partial charge on any atom is 0.250 e. The van der Waals surface area contributed by atoms with E-state index in [0.717, 1.165) is 0 Å². The first-order valence-corrected chi connectivity index (χ1v) is 8.36. The van der Waals surface area contributed by atoms with E-state index >= 15 is 0 Å². The average molecular weight is 345 g/mol. The zero-order valence-corrected chi connectivity index (χ0v) is 14.5. The van der Waals surface area contributed by atoms with Gasteiger partial charge in [-0.2, -0.15) is 0 Å². The van der Waals surface area contributed by atoms with Crippen LogP contribution in [0.15, 0.2) is 18.2 Å². The number of hydrogen-bond acceptors (Lipinski definition) is 4. The van der Waals surface area contributed by atoms with Crippen LogP contribution >= 0.6 is 0 Å². The van der Waals surface area contributed by atoms with E-state index in [1.165, 1.54) is 23.1 Å². The topological polar surface area (TPSA) is 78.5 Å². The molecule has 2 fully saturated rings. The lowest BCUT2D eigenvalue weighted by atomic mass is 9.76. The van der Waals surface area contributed by atoms with Gasteiger partial charge in [-0.25, -0.2) is 4.39 Å². The molecule has 3 amide bonds. The van der Waals surface area contributed by atoms with E-state index in [2.05, 4.69) is 10.6 Å². The van der Waals surface area contributed by atoms with Crippen LogP contribution in [0.5, 0.6) is 0 Å². The molecule has 1 aromatic carbocycles. The molecule has 3 heterocycles. The van der Waals surface area contributed by atoms with Crippen molar-refractivity contribution in [3.63, 3.8) is 0 Å². The Kier molecular flexibility index (Phi) is 3.02. The van der Waals surface area contributed by atoms with Crippen molar-refractivity contribution >= 4 is 23.4 Å². The van der Waals surface area contributed by atoms with E-state index in [9.17, 15) is 18.8 Å². The summed E-state index contributed by atoms with van der Waals surface area (Å²) in [7, 11) is 0. The third-order valence-electron chi connectivity index (χ3n) is 5.50. The number of imide groups is 1. The first kappa shape index (κ1) is 16.2. The zero-order valence-electron chi connectivity index (χ0n) is 14.5. The fraction of sp³-hybridized carbons (Fsp3) is 0.500. The van der Waals surface area contributed by atoms with Crippen LogP contribution in [-0.4, -0.2) is 34.2 Å². The monoisotopic (exact) mass is 345 g/mol. The fourth-order valence-corrected chi connectivity index (χ4v) is 4.60. The van der Waals surface area contributed by atoms with Crippen LogP contribution in [0, 0.1) is 17.7 Å². The van der Waals surface area contributed by atoms with Gasteiger partial charge in [0, 0.05) is 22.8 Å². The second kappa shape index (κ2) is 4.66. The number of hydrogen-bond donors (Lipinski definition) is 2. The number of fused-ring (bicyclic) bond motifs is 4. The molecule has 1 aromatic rings. The highest BCUT2D eigenvalue weighted by Crippen LogP contribution is 2.53. The first-order chi connectivity index (χ1) is 11.6. The van der Waals surface area contributed by atoms with Crippen LogP contribution in [0.25, 0.3) is 0 Å². The Morgan fingerprint density at radius 1 is 1.16 bits per heavy atom. The molecule has 6 nitrogen and oxygen atoms in total. The minimum Gasteiger partial charge on any atom is -0.324 e. The van der Waals surface area contributed by atoms with Gasteiger partial charge in [-0.3, -0.25) is 24.6 Å². The Balaban J connectivity index is 1.92. The second-order valence-electron chi connectivity index (χ2n) is 8.07. The molecule has 7 heteroatoms. The summed E-state index contributed by atoms with van der Waals surface area (Å²) in [5.41, 5.74) is -1.22. The molecule has 0 bridgehead atoms. The molecule has 0 unspecified atom stereocenters. The highest BCUT2D eigenvalue weighted by molar-refractivity contribution is 6.15. The molecule has 1 spiro atoms. The quantitative estimate of drug-likeness (QED) is 0.696. The van der Waals surface area contributed by atoms with Gasteiger partial charge in [-0.15, -0.1) is 0 Å². The molecule has 4 rings (SSSR count). The summed E-state index contributed by atoms with van der Waals surface area (Å²) in [5, 5.41) is 5.88. The number of carbonyl (C=O) groups is 3. The van der Waals surface area contributed by atoms with Crippen molar-refractivity contribution in [1.82, 2.24) is 10.2 Å². The molecule has 0 aliphatic carbocycles. The molecule has 132 valence electrons. The lowest BCUT2D eigenvalue weighted by molar-refractivity contribution is -0.147. The largest absolute Gasteiger partial charge is 0.324 e. The smallest absolute Gasteiger partial charge is 0.250 e. The summed E-state index contributed by atoms with van der Waals surface area (Å²) in [5.74, 6) is -3.09. The molecule has 25 heavy (non-hydrogen) atoms. The van der Waals surface area contributed by atoms with Gasteiger partial charge in [-0.1, -0.05) is 0 Å². The summed E-state index contributed by atoms with van der Waals surface area (Å²) in [6.45, 7) is 7.15. The molecule has 0 radical (unpaired) electrons. The Bertz CT molecular complexity index is 831. The van der Waals surface area contributed by atoms with E-state index < -0.39 is 34.6 Å². The number of rotatable bonds is 0. The van der Waals surface area contributed by atoms with Crippen LogP contribution in [0.4, 0.5) is 10.1 Å². The zero-order chi connectivity index (χ0) is 18.3. The van der Waals surface area contributed by atoms with Gasteiger partial charge in [0.15, 0.2) is 0 Å². The minimum atomic E-state index is -1.41. The van der Waals surface area contributed by atoms with Crippen LogP contribution in [0.2, 0.25) is 0 Å². The minimum absolute atomic E-state index is 0.281. The van der Waals surface area contributed by atoms with Crippen LogP contribution in [-0.2, 0) is 19.9 Å². The summed E-state index contributed by atoms with van der Waals surface area (Å²) in [6.07, 6.45) is 0. The summed E-state index contributed by atoms with van der Waals surface area (Å²) in [6, 6.07) is 3.64. The Hall–Kier alpha value is -2.28. The molecule has 0 saturated carbocycles. The number of likely N-dealkylation sites (tertiary alicyclic amines) is 1. The van der Waals surface area contributed by atoms with Crippen LogP contribution in [0.3, 0.4) is 0 Å². The highest BCUT2D eigenvalue weighted by atomic mass is 19.1. The van der Waals surface area contributed by atoms with Gasteiger partial charge in [0.25, 0.3) is 0 Å². The summed E-state index contributed by atoms with van der Waals surface area (Å²) < 4.78 is 13.9. The molecule has 4 atom stereocenters. The Labute approximate surface area is 144 Å². The van der Waals surface area contributed by atoms with Gasteiger partial charge in [-0.05, 0) is 45.9 Å². The summed E-state index contributed by atoms with van der Waals surface area (Å²) >= 11 is 0. The first-order valence-electron chi connectivity index (χ1n) is 8.36. The lowest BCUT2D eigenvalue weighted by Crippen LogP contribution is -2.55. The molecule has 2 saturated heterocycles. The van der Waals surface area contributed by atoms with E-state index in [1.807, 2.05) is 0 Å². The average Bonchev–Trinajstić information content (AvgIpc) is 3.04. The maximum absolute atomic E-state index is 13.9. The molecular weight excluding hydrogens is 325 g/mol. The number of benzene rings is 1. The molecule has 3 aliphatic heterocycles. The van der Waals surface area contributed by atoms with E-state index in [0.29, 0.717) is 11.3 Å². The molecule has 0 aromatic heterocycles. The number of amides is 3. The van der Waals surface area contributed by atoms with Crippen molar-refractivity contribution in [2.45, 2.75) is 44.8 Å². The van der Waals surface area contributed by atoms with Crippen molar-refractivity contribution in [3.05, 3.63) is 29.6 Å². The highest BCUT2D eigenvalue weighted by Gasteiger charge is 2.70. The fourth-order valence-electron chi connectivity index (χ4n) is 4.60. The van der Waals surface area contributed by atoms with Crippen LogP contribution < -0.4 is 10.6 Å². The number of carbonyl (C=O) groups excluding carboxylic acids is 3. The van der Waals surface area contributed by atoms with Crippen molar-refractivity contribution in [2.75, 3.05) is 5.32 Å². The second-order valence-corrected chi connectivity index (χ2v) is 8.07. The van der Waals surface area contributed by atoms with E-state index in [4.69, 9.17) is 0 Å². The number of nitrogens with zero attached hydrogens (tertiary/aromatic N) is 1.